The molecule has 0 saturated carbocycles. The molecule has 8 nitrogen and oxygen atoms in total. The van der Waals surface area contributed by atoms with Crippen molar-refractivity contribution < 1.29 is 23.4 Å². The van der Waals surface area contributed by atoms with Gasteiger partial charge in [0.1, 0.15) is 5.75 Å². The molecule has 29 heavy (non-hydrogen) atoms. The first kappa shape index (κ1) is 20.5. The summed E-state index contributed by atoms with van der Waals surface area (Å²) in [6.07, 6.45) is 0. The lowest BCUT2D eigenvalue weighted by Crippen LogP contribution is -2.14. The molecule has 9 heteroatoms. The van der Waals surface area contributed by atoms with Gasteiger partial charge in [-0.3, -0.25) is 4.79 Å². The second-order valence-corrected chi connectivity index (χ2v) is 6.66. The van der Waals surface area contributed by atoms with Crippen LogP contribution in [0.3, 0.4) is 0 Å². The zero-order chi connectivity index (χ0) is 20.6. The summed E-state index contributed by atoms with van der Waals surface area (Å²) in [5.74, 6) is 2.21. The summed E-state index contributed by atoms with van der Waals surface area (Å²) in [6, 6.07) is 12.5. The zero-order valence-electron chi connectivity index (χ0n) is 16.3. The normalized spacial score (nSPS) is 10.4. The van der Waals surface area contributed by atoms with Crippen molar-refractivity contribution in [3.63, 3.8) is 0 Å². The van der Waals surface area contributed by atoms with Gasteiger partial charge in [-0.1, -0.05) is 11.8 Å². The number of nitrogens with zero attached hydrogens (tertiary/aromatic N) is 2. The minimum absolute atomic E-state index is 0.124. The van der Waals surface area contributed by atoms with Crippen LogP contribution in [0.5, 0.6) is 17.2 Å². The SMILES string of the molecule is CCOc1ccc(-c2nnc(SCC(=O)Nc3ccc(OC)c(OC)c3)o2)cc1. The quantitative estimate of drug-likeness (QED) is 0.526. The van der Waals surface area contributed by atoms with E-state index in [0.717, 1.165) is 23.1 Å². The summed E-state index contributed by atoms with van der Waals surface area (Å²) in [6.45, 7) is 2.53. The molecule has 0 spiro atoms. The van der Waals surface area contributed by atoms with Crippen molar-refractivity contribution in [2.24, 2.45) is 0 Å². The predicted octanol–water partition coefficient (Wildman–Crippen LogP) is 3.88. The second kappa shape index (κ2) is 9.83. The van der Waals surface area contributed by atoms with Gasteiger partial charge in [-0.05, 0) is 43.3 Å². The average molecular weight is 415 g/mol. The minimum Gasteiger partial charge on any atom is -0.494 e. The van der Waals surface area contributed by atoms with E-state index in [4.69, 9.17) is 18.6 Å². The van der Waals surface area contributed by atoms with E-state index in [9.17, 15) is 4.79 Å². The van der Waals surface area contributed by atoms with Gasteiger partial charge in [0.2, 0.25) is 11.8 Å². The molecule has 0 aliphatic rings. The molecule has 0 radical (unpaired) electrons. The monoisotopic (exact) mass is 415 g/mol. The molecule has 1 amide bonds. The first-order chi connectivity index (χ1) is 14.1. The Balaban J connectivity index is 1.56. The summed E-state index contributed by atoms with van der Waals surface area (Å²) in [5.41, 5.74) is 1.39. The molecule has 0 saturated heterocycles. The fraction of sp³-hybridized carbons (Fsp3) is 0.250. The number of ether oxygens (including phenoxy) is 3. The predicted molar refractivity (Wildman–Crippen MR) is 110 cm³/mol. The molecule has 0 aliphatic carbocycles. The summed E-state index contributed by atoms with van der Waals surface area (Å²) in [4.78, 5) is 12.2. The van der Waals surface area contributed by atoms with E-state index in [1.54, 1.807) is 25.3 Å². The van der Waals surface area contributed by atoms with Gasteiger partial charge in [0.15, 0.2) is 11.5 Å². The highest BCUT2D eigenvalue weighted by Crippen LogP contribution is 2.30. The highest BCUT2D eigenvalue weighted by molar-refractivity contribution is 7.99. The number of aromatic nitrogens is 2. The highest BCUT2D eigenvalue weighted by atomic mass is 32.2. The maximum Gasteiger partial charge on any atom is 0.277 e. The third-order valence-electron chi connectivity index (χ3n) is 3.81. The van der Waals surface area contributed by atoms with Gasteiger partial charge >= 0.3 is 0 Å². The molecule has 0 aliphatic heterocycles. The summed E-state index contributed by atoms with van der Waals surface area (Å²) < 4.78 is 21.4. The topological polar surface area (TPSA) is 95.7 Å². The van der Waals surface area contributed by atoms with E-state index in [-0.39, 0.29) is 11.7 Å². The van der Waals surface area contributed by atoms with E-state index in [1.165, 1.54) is 7.11 Å². The number of rotatable bonds is 9. The minimum atomic E-state index is -0.206. The summed E-state index contributed by atoms with van der Waals surface area (Å²) in [5, 5.41) is 11.1. The molecule has 1 N–H and O–H groups in total. The molecule has 0 fully saturated rings. The van der Waals surface area contributed by atoms with E-state index < -0.39 is 0 Å². The molecule has 2 aromatic carbocycles. The standard InChI is InChI=1S/C20H21N3O5S/c1-4-27-15-8-5-13(6-9-15)19-22-23-20(28-19)29-12-18(24)21-14-7-10-16(25-2)17(11-14)26-3/h5-11H,4,12H2,1-3H3,(H,21,24). The van der Waals surface area contributed by atoms with Crippen LogP contribution in [-0.4, -0.2) is 42.7 Å². The van der Waals surface area contributed by atoms with Crippen LogP contribution in [0.15, 0.2) is 52.1 Å². The first-order valence-corrected chi connectivity index (χ1v) is 9.83. The number of thioether (sulfide) groups is 1. The Morgan fingerprint density at radius 3 is 2.52 bits per heavy atom. The molecule has 3 rings (SSSR count). The maximum absolute atomic E-state index is 12.2. The number of hydrogen-bond acceptors (Lipinski definition) is 8. The van der Waals surface area contributed by atoms with Crippen molar-refractivity contribution >= 4 is 23.4 Å². The molecule has 152 valence electrons. The van der Waals surface area contributed by atoms with Crippen molar-refractivity contribution in [2.45, 2.75) is 12.1 Å². The number of benzene rings is 2. The maximum atomic E-state index is 12.2. The molecule has 0 atom stereocenters. The average Bonchev–Trinajstić information content (AvgIpc) is 3.22. The fourth-order valence-corrected chi connectivity index (χ4v) is 3.05. The molecule has 1 heterocycles. The summed E-state index contributed by atoms with van der Waals surface area (Å²) >= 11 is 1.16. The number of hydrogen-bond donors (Lipinski definition) is 1. The third-order valence-corrected chi connectivity index (χ3v) is 4.63. The van der Waals surface area contributed by atoms with Crippen LogP contribution in [0.4, 0.5) is 5.69 Å². The van der Waals surface area contributed by atoms with Crippen LogP contribution < -0.4 is 19.5 Å². The summed E-state index contributed by atoms with van der Waals surface area (Å²) in [7, 11) is 3.09. The number of carbonyl (C=O) groups excluding carboxylic acids is 1. The van der Waals surface area contributed by atoms with E-state index in [1.807, 2.05) is 31.2 Å². The Bertz CT molecular complexity index is 959. The molecular weight excluding hydrogens is 394 g/mol. The second-order valence-electron chi connectivity index (χ2n) is 5.74. The zero-order valence-corrected chi connectivity index (χ0v) is 17.1. The van der Waals surface area contributed by atoms with Gasteiger partial charge < -0.3 is 23.9 Å². The van der Waals surface area contributed by atoms with Crippen molar-refractivity contribution in [3.05, 3.63) is 42.5 Å². The van der Waals surface area contributed by atoms with Gasteiger partial charge in [0.05, 0.1) is 26.6 Å². The number of amides is 1. The van der Waals surface area contributed by atoms with E-state index >= 15 is 0 Å². The molecule has 0 bridgehead atoms. The van der Waals surface area contributed by atoms with Crippen LogP contribution >= 0.6 is 11.8 Å². The fourth-order valence-electron chi connectivity index (χ4n) is 2.48. The van der Waals surface area contributed by atoms with Gasteiger partial charge in [-0.2, -0.15) is 0 Å². The van der Waals surface area contributed by atoms with Crippen molar-refractivity contribution in [1.82, 2.24) is 10.2 Å². The van der Waals surface area contributed by atoms with E-state index in [0.29, 0.717) is 34.9 Å². The number of nitrogens with one attached hydrogen (secondary N) is 1. The largest absolute Gasteiger partial charge is 0.494 e. The van der Waals surface area contributed by atoms with E-state index in [2.05, 4.69) is 15.5 Å². The van der Waals surface area contributed by atoms with Crippen LogP contribution in [0.25, 0.3) is 11.5 Å². The van der Waals surface area contributed by atoms with Gasteiger partial charge in [0, 0.05) is 17.3 Å². The lowest BCUT2D eigenvalue weighted by Gasteiger charge is -2.10. The number of anilines is 1. The third kappa shape index (κ3) is 5.41. The Kier molecular flexibility index (Phi) is 6.96. The molecular formula is C20H21N3O5S. The van der Waals surface area contributed by atoms with Gasteiger partial charge in [-0.25, -0.2) is 0 Å². The Morgan fingerprint density at radius 1 is 1.07 bits per heavy atom. The Morgan fingerprint density at radius 2 is 1.83 bits per heavy atom. The highest BCUT2D eigenvalue weighted by Gasteiger charge is 2.12. The van der Waals surface area contributed by atoms with Crippen LogP contribution in [0.2, 0.25) is 0 Å². The van der Waals surface area contributed by atoms with Crippen LogP contribution in [0, 0.1) is 0 Å². The first-order valence-electron chi connectivity index (χ1n) is 8.84. The number of carbonyl (C=O) groups is 1. The Hall–Kier alpha value is -3.20. The van der Waals surface area contributed by atoms with Crippen LogP contribution in [0.1, 0.15) is 6.92 Å². The molecule has 3 aromatic rings. The molecule has 1 aromatic heterocycles. The molecule has 0 unspecified atom stereocenters. The van der Waals surface area contributed by atoms with Crippen molar-refractivity contribution in [2.75, 3.05) is 31.9 Å². The number of methoxy groups -OCH3 is 2. The lowest BCUT2D eigenvalue weighted by atomic mass is 10.2. The Labute approximate surface area is 172 Å². The lowest BCUT2D eigenvalue weighted by molar-refractivity contribution is -0.113. The smallest absolute Gasteiger partial charge is 0.277 e. The van der Waals surface area contributed by atoms with Gasteiger partial charge in [0.25, 0.3) is 5.22 Å². The van der Waals surface area contributed by atoms with Crippen molar-refractivity contribution in [1.29, 1.82) is 0 Å². The van der Waals surface area contributed by atoms with Crippen molar-refractivity contribution in [3.8, 4) is 28.7 Å². The van der Waals surface area contributed by atoms with Crippen LogP contribution in [-0.2, 0) is 4.79 Å². The van der Waals surface area contributed by atoms with Gasteiger partial charge in [-0.15, -0.1) is 10.2 Å².